The lowest BCUT2D eigenvalue weighted by Crippen LogP contribution is -2.43. The number of nitrogens with zero attached hydrogens (tertiary/aromatic N) is 2. The molecule has 1 aliphatic rings. The molecule has 1 heterocycles. The number of fused-ring (bicyclic) bond motifs is 1. The molecule has 25 heavy (non-hydrogen) atoms. The lowest BCUT2D eigenvalue weighted by Gasteiger charge is -2.16. The van der Waals surface area contributed by atoms with E-state index in [2.05, 4.69) is 29.5 Å². The third-order valence-electron chi connectivity index (χ3n) is 3.83. The highest BCUT2D eigenvalue weighted by molar-refractivity contribution is 14.0. The number of halogens is 1. The van der Waals surface area contributed by atoms with E-state index in [0.29, 0.717) is 30.1 Å². The molecule has 2 amide bonds. The summed E-state index contributed by atoms with van der Waals surface area (Å²) in [5.74, 6) is 0.878. The molecular weight excluding hydrogens is 431 g/mol. The van der Waals surface area contributed by atoms with Crippen molar-refractivity contribution >= 4 is 41.8 Å². The first-order chi connectivity index (χ1) is 11.5. The van der Waals surface area contributed by atoms with Gasteiger partial charge in [-0.05, 0) is 31.4 Å². The smallest absolute Gasteiger partial charge is 0.261 e. The average molecular weight is 458 g/mol. The number of hydrogen-bond donors (Lipinski definition) is 2. The predicted octanol–water partition coefficient (Wildman–Crippen LogP) is 2.50. The van der Waals surface area contributed by atoms with Crippen molar-refractivity contribution in [3.8, 4) is 0 Å². The van der Waals surface area contributed by atoms with Crippen molar-refractivity contribution < 1.29 is 9.59 Å². The van der Waals surface area contributed by atoms with Crippen LogP contribution in [-0.2, 0) is 0 Å². The van der Waals surface area contributed by atoms with Crippen molar-refractivity contribution in [2.45, 2.75) is 27.2 Å². The van der Waals surface area contributed by atoms with Crippen LogP contribution >= 0.6 is 24.0 Å². The first kappa shape index (κ1) is 21.4. The fourth-order valence-electron chi connectivity index (χ4n) is 2.50. The van der Waals surface area contributed by atoms with Gasteiger partial charge < -0.3 is 10.6 Å². The van der Waals surface area contributed by atoms with Crippen LogP contribution in [-0.4, -0.2) is 48.9 Å². The predicted molar refractivity (Wildman–Crippen MR) is 111 cm³/mol. The van der Waals surface area contributed by atoms with E-state index in [0.717, 1.165) is 25.5 Å². The third kappa shape index (κ3) is 5.69. The van der Waals surface area contributed by atoms with Crippen LogP contribution in [0, 0.1) is 5.92 Å². The molecule has 6 nitrogen and oxygen atoms in total. The first-order valence-corrected chi connectivity index (χ1v) is 8.52. The van der Waals surface area contributed by atoms with Crippen LogP contribution in [0.5, 0.6) is 0 Å². The molecule has 2 rings (SSSR count). The number of amides is 2. The summed E-state index contributed by atoms with van der Waals surface area (Å²) in [6.45, 7) is 8.64. The Morgan fingerprint density at radius 2 is 1.72 bits per heavy atom. The first-order valence-electron chi connectivity index (χ1n) is 8.52. The number of carbonyl (C=O) groups excluding carboxylic acids is 2. The molecule has 0 atom stereocenters. The van der Waals surface area contributed by atoms with Gasteiger partial charge in [-0.25, -0.2) is 0 Å². The van der Waals surface area contributed by atoms with Gasteiger partial charge in [0.1, 0.15) is 0 Å². The quantitative estimate of drug-likeness (QED) is 0.285. The number of carbonyl (C=O) groups is 2. The highest BCUT2D eigenvalue weighted by atomic mass is 127. The van der Waals surface area contributed by atoms with Gasteiger partial charge in [0, 0.05) is 26.2 Å². The Labute approximate surface area is 166 Å². The van der Waals surface area contributed by atoms with Gasteiger partial charge in [-0.2, -0.15) is 0 Å². The van der Waals surface area contributed by atoms with Gasteiger partial charge in [0.05, 0.1) is 11.1 Å². The Balaban J connectivity index is 0.00000312. The highest BCUT2D eigenvalue weighted by Gasteiger charge is 2.34. The summed E-state index contributed by atoms with van der Waals surface area (Å²) in [7, 11) is 0. The Morgan fingerprint density at radius 3 is 2.24 bits per heavy atom. The van der Waals surface area contributed by atoms with E-state index in [1.54, 1.807) is 24.3 Å². The second kappa shape index (κ2) is 10.4. The number of imide groups is 1. The summed E-state index contributed by atoms with van der Waals surface area (Å²) in [6.07, 6.45) is 1.02. The van der Waals surface area contributed by atoms with E-state index >= 15 is 0 Å². The van der Waals surface area contributed by atoms with Crippen molar-refractivity contribution in [3.05, 3.63) is 35.4 Å². The van der Waals surface area contributed by atoms with Gasteiger partial charge >= 0.3 is 0 Å². The summed E-state index contributed by atoms with van der Waals surface area (Å²) in [6, 6.07) is 6.94. The molecule has 0 saturated heterocycles. The molecule has 7 heteroatoms. The molecule has 0 radical (unpaired) electrons. The van der Waals surface area contributed by atoms with Crippen LogP contribution in [0.2, 0.25) is 0 Å². The molecule has 0 fully saturated rings. The second-order valence-corrected chi connectivity index (χ2v) is 6.18. The summed E-state index contributed by atoms with van der Waals surface area (Å²) >= 11 is 0. The maximum atomic E-state index is 12.3. The van der Waals surface area contributed by atoms with Gasteiger partial charge in [-0.3, -0.25) is 19.5 Å². The number of aliphatic imine (C=N–C) groups is 1. The maximum Gasteiger partial charge on any atom is 0.261 e. The van der Waals surface area contributed by atoms with Crippen molar-refractivity contribution in [3.63, 3.8) is 0 Å². The van der Waals surface area contributed by atoms with Crippen LogP contribution in [0.1, 0.15) is 47.9 Å². The number of benzene rings is 1. The molecule has 0 spiro atoms. The molecule has 0 bridgehead atoms. The molecule has 0 saturated carbocycles. The minimum absolute atomic E-state index is 0. The van der Waals surface area contributed by atoms with Gasteiger partial charge in [-0.15, -0.1) is 24.0 Å². The summed E-state index contributed by atoms with van der Waals surface area (Å²) in [5.41, 5.74) is 0.972. The summed E-state index contributed by atoms with van der Waals surface area (Å²) in [4.78, 5) is 30.4. The standard InChI is InChI=1S/C18H26N4O2.HI/c1-4-19-18(20-10-9-13(2)3)21-11-12-22-16(23)14-7-5-6-8-15(14)17(22)24;/h5-8,13H,4,9-12H2,1-3H3,(H2,19,20,21);1H. The molecule has 1 aromatic carbocycles. The molecule has 0 unspecified atom stereocenters. The monoisotopic (exact) mass is 458 g/mol. The van der Waals surface area contributed by atoms with Crippen LogP contribution in [0.25, 0.3) is 0 Å². The van der Waals surface area contributed by atoms with Crippen molar-refractivity contribution in [2.75, 3.05) is 26.2 Å². The number of nitrogens with one attached hydrogen (secondary N) is 2. The molecule has 0 aromatic heterocycles. The fraction of sp³-hybridized carbons (Fsp3) is 0.500. The fourth-order valence-corrected chi connectivity index (χ4v) is 2.50. The van der Waals surface area contributed by atoms with Crippen LogP contribution in [0.4, 0.5) is 0 Å². The Morgan fingerprint density at radius 1 is 1.12 bits per heavy atom. The zero-order chi connectivity index (χ0) is 17.5. The second-order valence-electron chi connectivity index (χ2n) is 6.18. The van der Waals surface area contributed by atoms with Gasteiger partial charge in [-0.1, -0.05) is 26.0 Å². The Hall–Kier alpha value is -1.64. The molecule has 0 aliphatic carbocycles. The minimum Gasteiger partial charge on any atom is -0.357 e. The van der Waals surface area contributed by atoms with Crippen LogP contribution in [0.3, 0.4) is 0 Å². The van der Waals surface area contributed by atoms with Crippen LogP contribution in [0.15, 0.2) is 29.3 Å². The third-order valence-corrected chi connectivity index (χ3v) is 3.83. The lowest BCUT2D eigenvalue weighted by molar-refractivity contribution is 0.0657. The number of rotatable bonds is 7. The lowest BCUT2D eigenvalue weighted by atomic mass is 10.1. The van der Waals surface area contributed by atoms with Gasteiger partial charge in [0.2, 0.25) is 0 Å². The summed E-state index contributed by atoms with van der Waals surface area (Å²) < 4.78 is 0. The van der Waals surface area contributed by atoms with Gasteiger partial charge in [0.25, 0.3) is 11.8 Å². The highest BCUT2D eigenvalue weighted by Crippen LogP contribution is 2.21. The van der Waals surface area contributed by atoms with E-state index in [4.69, 9.17) is 0 Å². The number of guanidine groups is 1. The summed E-state index contributed by atoms with van der Waals surface area (Å²) in [5, 5.41) is 6.35. The zero-order valence-corrected chi connectivity index (χ0v) is 17.4. The topological polar surface area (TPSA) is 73.8 Å². The average Bonchev–Trinajstić information content (AvgIpc) is 2.80. The normalized spacial score (nSPS) is 13.8. The molecule has 1 aromatic rings. The molecule has 138 valence electrons. The molecular formula is C18H27IN4O2. The molecule has 1 aliphatic heterocycles. The van der Waals surface area contributed by atoms with Crippen molar-refractivity contribution in [2.24, 2.45) is 10.9 Å². The minimum atomic E-state index is -0.223. The SMILES string of the molecule is CCNC(=NCCC(C)C)NCCN1C(=O)c2ccccc2C1=O.I. The largest absolute Gasteiger partial charge is 0.357 e. The van der Waals surface area contributed by atoms with E-state index in [-0.39, 0.29) is 35.8 Å². The maximum absolute atomic E-state index is 12.3. The van der Waals surface area contributed by atoms with Crippen molar-refractivity contribution in [1.29, 1.82) is 0 Å². The zero-order valence-electron chi connectivity index (χ0n) is 15.0. The van der Waals surface area contributed by atoms with E-state index in [1.165, 1.54) is 4.90 Å². The van der Waals surface area contributed by atoms with E-state index in [1.807, 2.05) is 6.92 Å². The van der Waals surface area contributed by atoms with E-state index < -0.39 is 0 Å². The number of hydrogen-bond acceptors (Lipinski definition) is 3. The van der Waals surface area contributed by atoms with E-state index in [9.17, 15) is 9.59 Å². The van der Waals surface area contributed by atoms with Crippen LogP contribution < -0.4 is 10.6 Å². The molecule has 2 N–H and O–H groups in total. The Bertz CT molecular complexity index is 596. The van der Waals surface area contributed by atoms with Crippen molar-refractivity contribution in [1.82, 2.24) is 15.5 Å². The Kier molecular flexibility index (Phi) is 8.88. The van der Waals surface area contributed by atoms with Gasteiger partial charge in [0.15, 0.2) is 5.96 Å².